The predicted molar refractivity (Wildman–Crippen MR) is 109 cm³/mol. The minimum absolute atomic E-state index is 0.293. The summed E-state index contributed by atoms with van der Waals surface area (Å²) in [6.45, 7) is 13.2. The molecule has 0 aromatic heterocycles. The Labute approximate surface area is 159 Å². The van der Waals surface area contributed by atoms with Crippen LogP contribution in [0.5, 0.6) is 0 Å². The van der Waals surface area contributed by atoms with Crippen molar-refractivity contribution in [3.05, 3.63) is 47.6 Å². The van der Waals surface area contributed by atoms with Crippen molar-refractivity contribution in [1.82, 2.24) is 0 Å². The van der Waals surface area contributed by atoms with Crippen LogP contribution in [0.15, 0.2) is 47.6 Å². The highest BCUT2D eigenvalue weighted by atomic mass is 16.5. The number of esters is 1. The first kappa shape index (κ1) is 22.4. The number of rotatable bonds is 7. The first-order chi connectivity index (χ1) is 12.3. The van der Waals surface area contributed by atoms with Gasteiger partial charge in [-0.05, 0) is 56.4 Å². The van der Waals surface area contributed by atoms with E-state index in [9.17, 15) is 4.79 Å². The summed E-state index contributed by atoms with van der Waals surface area (Å²) >= 11 is 0. The van der Waals surface area contributed by atoms with Crippen molar-refractivity contribution in [2.24, 2.45) is 23.7 Å². The molecule has 3 nitrogen and oxygen atoms in total. The zero-order valence-corrected chi connectivity index (χ0v) is 17.5. The van der Waals surface area contributed by atoms with Gasteiger partial charge in [0.2, 0.25) is 0 Å². The van der Waals surface area contributed by atoms with Gasteiger partial charge in [-0.25, -0.2) is 4.79 Å². The van der Waals surface area contributed by atoms with E-state index >= 15 is 0 Å². The zero-order valence-electron chi connectivity index (χ0n) is 17.5. The van der Waals surface area contributed by atoms with Crippen molar-refractivity contribution in [2.75, 3.05) is 13.7 Å². The molecule has 5 atom stereocenters. The van der Waals surface area contributed by atoms with Crippen LogP contribution < -0.4 is 0 Å². The second-order valence-electron chi connectivity index (χ2n) is 7.55. The molecule has 0 radical (unpaired) electrons. The lowest BCUT2D eigenvalue weighted by atomic mass is 9.67. The molecule has 1 aliphatic rings. The molecule has 146 valence electrons. The molecule has 0 amide bonds. The molecular weight excluding hydrogens is 324 g/mol. The van der Waals surface area contributed by atoms with Crippen molar-refractivity contribution in [3.63, 3.8) is 0 Å². The number of ether oxygens (including phenoxy) is 2. The standard InChI is InChI=1S/C23H36O3/c1-8-26-23(24)14-17(3)11-9-10-16(2)12-13-21-18(4)15-22(25-7)20(6)19(21)5/h9-14,18-22H,8,15H2,1-7H3/b11-9+,13-12+,16-10+,17-14+. The van der Waals surface area contributed by atoms with E-state index in [4.69, 9.17) is 9.47 Å². The van der Waals surface area contributed by atoms with E-state index in [1.807, 2.05) is 26.2 Å². The lowest BCUT2D eigenvalue weighted by Crippen LogP contribution is -2.39. The number of allylic oxidation sites excluding steroid dienone is 7. The Hall–Kier alpha value is -1.61. The molecule has 1 aliphatic carbocycles. The summed E-state index contributed by atoms with van der Waals surface area (Å²) in [5, 5.41) is 0. The van der Waals surface area contributed by atoms with E-state index in [0.717, 1.165) is 12.0 Å². The zero-order chi connectivity index (χ0) is 19.7. The molecular formula is C23H36O3. The van der Waals surface area contributed by atoms with E-state index in [1.165, 1.54) is 11.6 Å². The fourth-order valence-electron chi connectivity index (χ4n) is 3.71. The van der Waals surface area contributed by atoms with Gasteiger partial charge in [0.25, 0.3) is 0 Å². The lowest BCUT2D eigenvalue weighted by molar-refractivity contribution is -0.137. The van der Waals surface area contributed by atoms with Crippen LogP contribution in [0, 0.1) is 23.7 Å². The Bertz CT molecular complexity index is 568. The molecule has 0 aliphatic heterocycles. The predicted octanol–water partition coefficient (Wildman–Crippen LogP) is 5.50. The monoisotopic (exact) mass is 360 g/mol. The van der Waals surface area contributed by atoms with E-state index in [0.29, 0.717) is 36.4 Å². The first-order valence-corrected chi connectivity index (χ1v) is 9.71. The third kappa shape index (κ3) is 6.95. The van der Waals surface area contributed by atoms with Crippen LogP contribution in [0.1, 0.15) is 48.0 Å². The van der Waals surface area contributed by atoms with Crippen LogP contribution in [0.3, 0.4) is 0 Å². The summed E-state index contributed by atoms with van der Waals surface area (Å²) in [6.07, 6.45) is 13.5. The third-order valence-electron chi connectivity index (χ3n) is 5.52. The topological polar surface area (TPSA) is 35.5 Å². The quantitative estimate of drug-likeness (QED) is 0.342. The van der Waals surface area contributed by atoms with E-state index in [-0.39, 0.29) is 5.97 Å². The molecule has 0 aromatic carbocycles. The average Bonchev–Trinajstić information content (AvgIpc) is 2.58. The fourth-order valence-corrected chi connectivity index (χ4v) is 3.71. The molecule has 5 unspecified atom stereocenters. The molecule has 0 aromatic rings. The molecule has 0 bridgehead atoms. The molecule has 0 spiro atoms. The summed E-state index contributed by atoms with van der Waals surface area (Å²) in [6, 6.07) is 0. The van der Waals surface area contributed by atoms with Gasteiger partial charge in [-0.15, -0.1) is 0 Å². The smallest absolute Gasteiger partial charge is 0.330 e. The Morgan fingerprint density at radius 3 is 2.38 bits per heavy atom. The van der Waals surface area contributed by atoms with Gasteiger partial charge in [-0.3, -0.25) is 0 Å². The second kappa shape index (κ2) is 11.2. The maximum atomic E-state index is 11.4. The van der Waals surface area contributed by atoms with Crippen LogP contribution in [0.4, 0.5) is 0 Å². The highest BCUT2D eigenvalue weighted by molar-refractivity contribution is 5.83. The molecule has 3 heteroatoms. The summed E-state index contributed by atoms with van der Waals surface area (Å²) < 4.78 is 10.6. The average molecular weight is 361 g/mol. The van der Waals surface area contributed by atoms with Crippen molar-refractivity contribution >= 4 is 5.97 Å². The van der Waals surface area contributed by atoms with Gasteiger partial charge in [-0.1, -0.05) is 56.7 Å². The van der Waals surface area contributed by atoms with Crippen molar-refractivity contribution in [3.8, 4) is 0 Å². The normalized spacial score (nSPS) is 31.0. The largest absolute Gasteiger partial charge is 0.463 e. The number of hydrogen-bond donors (Lipinski definition) is 0. The Morgan fingerprint density at radius 2 is 1.77 bits per heavy atom. The summed E-state index contributed by atoms with van der Waals surface area (Å²) in [5.74, 6) is 2.09. The van der Waals surface area contributed by atoms with E-state index in [1.54, 1.807) is 6.92 Å². The summed E-state index contributed by atoms with van der Waals surface area (Å²) in [4.78, 5) is 11.4. The minimum atomic E-state index is -0.293. The van der Waals surface area contributed by atoms with Gasteiger partial charge in [0.1, 0.15) is 0 Å². The van der Waals surface area contributed by atoms with Crippen LogP contribution in [-0.4, -0.2) is 25.8 Å². The van der Waals surface area contributed by atoms with Crippen molar-refractivity contribution < 1.29 is 14.3 Å². The van der Waals surface area contributed by atoms with Gasteiger partial charge < -0.3 is 9.47 Å². The highest BCUT2D eigenvalue weighted by Gasteiger charge is 2.37. The van der Waals surface area contributed by atoms with Gasteiger partial charge in [0.05, 0.1) is 12.7 Å². The van der Waals surface area contributed by atoms with Crippen LogP contribution >= 0.6 is 0 Å². The fraction of sp³-hybridized carbons (Fsp3) is 0.609. The van der Waals surface area contributed by atoms with Gasteiger partial charge in [-0.2, -0.15) is 0 Å². The molecule has 1 fully saturated rings. The lowest BCUT2D eigenvalue weighted by Gasteiger charge is -2.42. The van der Waals surface area contributed by atoms with Crippen molar-refractivity contribution in [1.29, 1.82) is 0 Å². The van der Waals surface area contributed by atoms with Crippen LogP contribution in [0.25, 0.3) is 0 Å². The number of carbonyl (C=O) groups is 1. The molecule has 1 rings (SSSR count). The maximum absolute atomic E-state index is 11.4. The van der Waals surface area contributed by atoms with Gasteiger partial charge >= 0.3 is 5.97 Å². The summed E-state index contributed by atoms with van der Waals surface area (Å²) in [7, 11) is 1.83. The Kier molecular flexibility index (Phi) is 9.64. The molecule has 0 N–H and O–H groups in total. The number of carbonyl (C=O) groups excluding carboxylic acids is 1. The molecule has 0 heterocycles. The van der Waals surface area contributed by atoms with Crippen LogP contribution in [-0.2, 0) is 14.3 Å². The number of methoxy groups -OCH3 is 1. The Morgan fingerprint density at radius 1 is 1.08 bits per heavy atom. The van der Waals surface area contributed by atoms with Crippen LogP contribution in [0.2, 0.25) is 0 Å². The number of hydrogen-bond acceptors (Lipinski definition) is 3. The minimum Gasteiger partial charge on any atom is -0.463 e. The van der Waals surface area contributed by atoms with Gasteiger partial charge in [0, 0.05) is 13.2 Å². The highest BCUT2D eigenvalue weighted by Crippen LogP contribution is 2.40. The van der Waals surface area contributed by atoms with Gasteiger partial charge in [0.15, 0.2) is 0 Å². The molecule has 1 saturated carbocycles. The maximum Gasteiger partial charge on any atom is 0.330 e. The molecule has 26 heavy (non-hydrogen) atoms. The Balaban J connectivity index is 2.68. The van der Waals surface area contributed by atoms with Crippen molar-refractivity contribution in [2.45, 2.75) is 54.1 Å². The second-order valence-corrected chi connectivity index (χ2v) is 7.55. The van der Waals surface area contributed by atoms with E-state index in [2.05, 4.69) is 45.9 Å². The van der Waals surface area contributed by atoms with E-state index < -0.39 is 0 Å². The SMILES string of the molecule is CCOC(=O)/C=C(C)/C=C/C=C(C)/C=C/C1C(C)CC(OC)C(C)C1C. The first-order valence-electron chi connectivity index (χ1n) is 9.71. The third-order valence-corrected chi connectivity index (χ3v) is 5.52. The molecule has 0 saturated heterocycles. The summed E-state index contributed by atoms with van der Waals surface area (Å²) in [5.41, 5.74) is 2.08.